The predicted octanol–water partition coefficient (Wildman–Crippen LogP) is 8.30. The number of nitrogens with one attached hydrogen (secondary N) is 1. The van der Waals surface area contributed by atoms with Gasteiger partial charge in [0.1, 0.15) is 17.6 Å². The highest BCUT2D eigenvalue weighted by molar-refractivity contribution is 7.91. The van der Waals surface area contributed by atoms with Crippen LogP contribution in [0.2, 0.25) is 0 Å². The van der Waals surface area contributed by atoms with Gasteiger partial charge in [-0.3, -0.25) is 19.1 Å². The van der Waals surface area contributed by atoms with E-state index < -0.39 is 43.7 Å². The number of rotatable bonds is 9. The van der Waals surface area contributed by atoms with Gasteiger partial charge in [0.2, 0.25) is 21.8 Å². The zero-order valence-electron chi connectivity index (χ0n) is 34.5. The van der Waals surface area contributed by atoms with Crippen LogP contribution in [0, 0.1) is 23.7 Å². The summed E-state index contributed by atoms with van der Waals surface area (Å²) in [5.41, 5.74) is 2.52. The van der Waals surface area contributed by atoms with Crippen LogP contribution in [0.25, 0.3) is 22.2 Å². The average molecular weight is 818 g/mol. The Morgan fingerprint density at radius 3 is 2.51 bits per heavy atom. The smallest absolute Gasteiger partial charge is 0.241 e. The monoisotopic (exact) mass is 817 g/mol. The molecule has 1 N–H and O–H groups in total. The maximum absolute atomic E-state index is 15.0. The summed E-state index contributed by atoms with van der Waals surface area (Å²) in [6.07, 6.45) is 9.61. The van der Waals surface area contributed by atoms with Crippen LogP contribution < -0.4 is 14.2 Å². The number of ketones is 1. The Morgan fingerprint density at radius 2 is 1.76 bits per heavy atom. The number of aryl methyl sites for hydroxylation is 1. The van der Waals surface area contributed by atoms with Gasteiger partial charge < -0.3 is 14.4 Å². The van der Waals surface area contributed by atoms with Gasteiger partial charge in [-0.15, -0.1) is 0 Å². The summed E-state index contributed by atoms with van der Waals surface area (Å²) < 4.78 is 40.6. The number of carbonyl (C=O) groups excluding carboxylic acids is 3. The maximum atomic E-state index is 15.0. The number of carbonyl (C=O) groups is 3. The van der Waals surface area contributed by atoms with Crippen molar-refractivity contribution in [1.29, 1.82) is 0 Å². The summed E-state index contributed by atoms with van der Waals surface area (Å²) in [4.78, 5) is 50.9. The van der Waals surface area contributed by atoms with E-state index in [0.717, 1.165) is 47.8 Å². The molecule has 0 radical (unpaired) electrons. The van der Waals surface area contributed by atoms with Crippen LogP contribution in [0.3, 0.4) is 0 Å². The second kappa shape index (κ2) is 15.9. The van der Waals surface area contributed by atoms with E-state index in [1.54, 1.807) is 18.9 Å². The summed E-state index contributed by atoms with van der Waals surface area (Å²) in [6.45, 7) is 5.81. The number of hydrogen-bond acceptors (Lipinski definition) is 8. The molecule has 3 aromatic carbocycles. The lowest BCUT2D eigenvalue weighted by atomic mass is 9.85. The standard InChI is InChI=1S/C48H55N3O7S/c1-32-14-13-15-33(24-32)25-35-18-9-6-5-7-12-21-46(2)31-48(46,45(54)50-59(55,56)47(3)22-23-47)29-42(52)41-27-37(30-51(41)44(35)53)58-43-28-39(34-16-10-8-11-17-34)49-40-26-36(57-4)19-20-38(40)43/h8,10-17,19-21,24,26,28,35,37,41H,5-7,9,18,22-23,25,27,29-31H2,1-4H3,(H,50,54)/b21-12-/t35-,37-,41+,46?,48-/m1/s1. The van der Waals surface area contributed by atoms with E-state index in [1.165, 1.54) is 0 Å². The van der Waals surface area contributed by atoms with Crippen LogP contribution in [-0.2, 0) is 30.8 Å². The molecule has 1 saturated heterocycles. The molecule has 2 amide bonds. The van der Waals surface area contributed by atoms with Gasteiger partial charge in [0.15, 0.2) is 5.78 Å². The Morgan fingerprint density at radius 1 is 0.966 bits per heavy atom. The number of benzene rings is 3. The number of ether oxygens (including phenoxy) is 2. The number of methoxy groups -OCH3 is 1. The number of sulfonamides is 1. The van der Waals surface area contributed by atoms with Crippen LogP contribution in [0.4, 0.5) is 0 Å². The van der Waals surface area contributed by atoms with E-state index >= 15 is 4.79 Å². The number of hydrogen-bond donors (Lipinski definition) is 1. The van der Waals surface area contributed by atoms with Crippen molar-refractivity contribution < 1.29 is 32.3 Å². The van der Waals surface area contributed by atoms with Gasteiger partial charge in [0.25, 0.3) is 0 Å². The third-order valence-corrected chi connectivity index (χ3v) is 15.6. The van der Waals surface area contributed by atoms with Crippen molar-refractivity contribution in [3.63, 3.8) is 0 Å². The first-order chi connectivity index (χ1) is 28.2. The van der Waals surface area contributed by atoms with Gasteiger partial charge in [-0.2, -0.15) is 0 Å². The zero-order valence-corrected chi connectivity index (χ0v) is 35.4. The van der Waals surface area contributed by atoms with Crippen LogP contribution in [0.5, 0.6) is 11.5 Å². The predicted molar refractivity (Wildman–Crippen MR) is 228 cm³/mol. The van der Waals surface area contributed by atoms with E-state index in [9.17, 15) is 18.0 Å². The summed E-state index contributed by atoms with van der Waals surface area (Å²) in [5, 5.41) is 0.770. The average Bonchev–Trinajstić information content (AvgIpc) is 4.06. The minimum Gasteiger partial charge on any atom is -0.497 e. The lowest BCUT2D eigenvalue weighted by Gasteiger charge is -2.30. The molecule has 11 heteroatoms. The molecule has 4 aromatic rings. The molecule has 59 heavy (non-hydrogen) atoms. The Balaban J connectivity index is 1.15. The molecule has 1 unspecified atom stereocenters. The number of aromatic nitrogens is 1. The number of pyridine rings is 1. The Kier molecular flexibility index (Phi) is 11.0. The number of amides is 2. The van der Waals surface area contributed by atoms with E-state index in [-0.39, 0.29) is 37.0 Å². The van der Waals surface area contributed by atoms with Gasteiger partial charge in [0.05, 0.1) is 41.1 Å². The second-order valence-corrected chi connectivity index (χ2v) is 20.1. The molecule has 0 spiro atoms. The molecule has 8 rings (SSSR count). The fraction of sp³-hybridized carbons (Fsp3) is 0.458. The molecule has 3 fully saturated rings. The third kappa shape index (κ3) is 8.15. The first-order valence-electron chi connectivity index (χ1n) is 21.1. The molecule has 2 aliphatic heterocycles. The Bertz CT molecular complexity index is 2410. The second-order valence-electron chi connectivity index (χ2n) is 17.9. The molecule has 4 aliphatic rings. The van der Waals surface area contributed by atoms with Crippen LogP contribution in [0.1, 0.15) is 89.2 Å². The summed E-state index contributed by atoms with van der Waals surface area (Å²) >= 11 is 0. The number of allylic oxidation sites excluding steroid dienone is 2. The normalized spacial score (nSPS) is 27.5. The van der Waals surface area contributed by atoms with Crippen molar-refractivity contribution >= 4 is 38.5 Å². The van der Waals surface area contributed by atoms with Gasteiger partial charge in [-0.1, -0.05) is 92.1 Å². The third-order valence-electron chi connectivity index (χ3n) is 13.5. The quantitative estimate of drug-likeness (QED) is 0.167. The van der Waals surface area contributed by atoms with Crippen LogP contribution in [0.15, 0.2) is 91.0 Å². The topological polar surface area (TPSA) is 132 Å². The van der Waals surface area contributed by atoms with Crippen molar-refractivity contribution in [3.05, 3.63) is 102 Å². The lowest BCUT2D eigenvalue weighted by Crippen LogP contribution is -2.47. The van der Waals surface area contributed by atoms with Crippen molar-refractivity contribution in [3.8, 4) is 22.8 Å². The van der Waals surface area contributed by atoms with E-state index in [1.807, 2.05) is 86.7 Å². The number of nitrogens with zero attached hydrogens (tertiary/aromatic N) is 2. The van der Waals surface area contributed by atoms with Crippen molar-refractivity contribution in [1.82, 2.24) is 14.6 Å². The van der Waals surface area contributed by atoms with Crippen molar-refractivity contribution in [2.24, 2.45) is 16.7 Å². The Labute approximate surface area is 347 Å². The highest BCUT2D eigenvalue weighted by Gasteiger charge is 2.69. The zero-order chi connectivity index (χ0) is 41.6. The van der Waals surface area contributed by atoms with E-state index in [2.05, 4.69) is 22.9 Å². The van der Waals surface area contributed by atoms with Gasteiger partial charge >= 0.3 is 0 Å². The minimum absolute atomic E-state index is 0.0976. The van der Waals surface area contributed by atoms with Gasteiger partial charge in [0, 0.05) is 47.3 Å². The van der Waals surface area contributed by atoms with E-state index in [4.69, 9.17) is 14.5 Å². The summed E-state index contributed by atoms with van der Waals surface area (Å²) in [7, 11) is -2.33. The fourth-order valence-corrected chi connectivity index (χ4v) is 10.6. The molecule has 10 nitrogen and oxygen atoms in total. The summed E-state index contributed by atoms with van der Waals surface area (Å²) in [6, 6.07) is 24.7. The minimum atomic E-state index is -3.95. The SMILES string of the molecule is COc1ccc2c(O[C@@H]3C[C@H]4C(=O)C[C@]5(C(=O)NS(=O)(=O)C6(C)CC6)CC5(C)/C=C\CCCCC[C@H](Cc5cccc(C)c5)C(=O)N4C3)cc(-c3ccccc3)nc2c1. The van der Waals surface area contributed by atoms with E-state index in [0.29, 0.717) is 54.8 Å². The van der Waals surface area contributed by atoms with Gasteiger partial charge in [-0.05, 0) is 76.5 Å². The molecule has 0 bridgehead atoms. The van der Waals surface area contributed by atoms with Crippen molar-refractivity contribution in [2.45, 2.75) is 108 Å². The highest BCUT2D eigenvalue weighted by atomic mass is 32.2. The molecular weight excluding hydrogens is 763 g/mol. The van der Waals surface area contributed by atoms with Crippen molar-refractivity contribution in [2.75, 3.05) is 13.7 Å². The fourth-order valence-electron chi connectivity index (χ4n) is 9.30. The van der Waals surface area contributed by atoms with Crippen LogP contribution >= 0.6 is 0 Å². The first-order valence-corrected chi connectivity index (χ1v) is 22.6. The summed E-state index contributed by atoms with van der Waals surface area (Å²) in [5.74, 6) is -0.121. The number of Topliss-reactive ketones (excluding diaryl/α,β-unsaturated/α-hetero) is 1. The molecule has 310 valence electrons. The number of fused-ring (bicyclic) bond motifs is 3. The highest BCUT2D eigenvalue weighted by Crippen LogP contribution is 2.67. The maximum Gasteiger partial charge on any atom is 0.241 e. The molecule has 2 saturated carbocycles. The lowest BCUT2D eigenvalue weighted by molar-refractivity contribution is -0.142. The van der Waals surface area contributed by atoms with Crippen LogP contribution in [-0.4, -0.2) is 66.4 Å². The first kappa shape index (κ1) is 40.7. The largest absolute Gasteiger partial charge is 0.497 e. The Hall–Kier alpha value is -5.03. The van der Waals surface area contributed by atoms with Gasteiger partial charge in [-0.25, -0.2) is 13.4 Å². The molecule has 1 aromatic heterocycles. The molecule has 5 atom stereocenters. The molecular formula is C48H55N3O7S. The molecule has 2 aliphatic carbocycles. The molecule has 3 heterocycles.